The monoisotopic (exact) mass is 338 g/mol. The molecule has 0 spiro atoms. The first kappa shape index (κ1) is 17.6. The first-order chi connectivity index (χ1) is 11.7. The predicted octanol–water partition coefficient (Wildman–Crippen LogP) is 2.94. The number of carbonyl (C=O) groups is 1. The Hall–Kier alpha value is -2.18. The number of aryl methyl sites for hydroxylation is 1. The van der Waals surface area contributed by atoms with Gasteiger partial charge in [-0.1, -0.05) is 23.8 Å². The highest BCUT2D eigenvalue weighted by atomic mass is 16.7. The summed E-state index contributed by atoms with van der Waals surface area (Å²) in [5, 5.41) is 2.92. The molecule has 0 radical (unpaired) electrons. The molecule has 0 bridgehead atoms. The number of pyridine rings is 1. The van der Waals surface area contributed by atoms with Crippen LogP contribution in [-0.4, -0.2) is 29.2 Å². The van der Waals surface area contributed by atoms with Crippen molar-refractivity contribution in [3.05, 3.63) is 53.9 Å². The summed E-state index contributed by atoms with van der Waals surface area (Å²) in [6.07, 6.45) is 1.60. The molecule has 130 valence electrons. The Morgan fingerprint density at radius 1 is 1.08 bits per heavy atom. The molecular weight excluding hydrogens is 315 g/mol. The van der Waals surface area contributed by atoms with Gasteiger partial charge in [-0.15, -0.1) is 0 Å². The lowest BCUT2D eigenvalue weighted by molar-refractivity contribution is 0.00578. The van der Waals surface area contributed by atoms with E-state index in [-0.39, 0.29) is 5.91 Å². The van der Waals surface area contributed by atoms with Crippen molar-refractivity contribution in [1.82, 2.24) is 4.98 Å². The number of benzene rings is 1. The molecular formula is C19H23BN2O3. The maximum atomic E-state index is 12.5. The molecule has 5 nitrogen and oxygen atoms in total. The second-order valence-electron chi connectivity index (χ2n) is 7.35. The fourth-order valence-electron chi connectivity index (χ4n) is 2.64. The van der Waals surface area contributed by atoms with E-state index >= 15 is 0 Å². The SMILES string of the molecule is Cc1ccc(NC(=O)c2ccccn2)c(B2OC(C)(C)C(C)(C)O2)c1. The van der Waals surface area contributed by atoms with Gasteiger partial charge >= 0.3 is 7.12 Å². The van der Waals surface area contributed by atoms with Crippen molar-refractivity contribution in [2.24, 2.45) is 0 Å². The van der Waals surface area contributed by atoms with E-state index in [1.807, 2.05) is 52.8 Å². The molecule has 3 rings (SSSR count). The zero-order chi connectivity index (χ0) is 18.2. The number of aromatic nitrogens is 1. The summed E-state index contributed by atoms with van der Waals surface area (Å²) in [5.74, 6) is -0.262. The average molecular weight is 338 g/mol. The van der Waals surface area contributed by atoms with Crippen LogP contribution in [0.3, 0.4) is 0 Å². The maximum Gasteiger partial charge on any atom is 0.496 e. The van der Waals surface area contributed by atoms with Crippen LogP contribution in [0, 0.1) is 6.92 Å². The van der Waals surface area contributed by atoms with Crippen LogP contribution in [0.5, 0.6) is 0 Å². The summed E-state index contributed by atoms with van der Waals surface area (Å²) in [4.78, 5) is 16.6. The van der Waals surface area contributed by atoms with E-state index in [2.05, 4.69) is 10.3 Å². The van der Waals surface area contributed by atoms with Gasteiger partial charge in [0.05, 0.1) is 11.2 Å². The molecule has 1 fully saturated rings. The third kappa shape index (κ3) is 3.46. The molecule has 0 aliphatic carbocycles. The number of anilines is 1. The number of hydrogen-bond donors (Lipinski definition) is 1. The van der Waals surface area contributed by atoms with Gasteiger partial charge < -0.3 is 14.6 Å². The Kier molecular flexibility index (Phi) is 4.43. The molecule has 1 aliphatic heterocycles. The van der Waals surface area contributed by atoms with E-state index in [0.717, 1.165) is 11.0 Å². The molecule has 0 atom stereocenters. The third-order valence-corrected chi connectivity index (χ3v) is 4.86. The Morgan fingerprint density at radius 2 is 1.76 bits per heavy atom. The van der Waals surface area contributed by atoms with Crippen molar-refractivity contribution in [1.29, 1.82) is 0 Å². The Labute approximate surface area is 148 Å². The largest absolute Gasteiger partial charge is 0.496 e. The number of amides is 1. The van der Waals surface area contributed by atoms with Gasteiger partial charge in [0, 0.05) is 17.3 Å². The second-order valence-corrected chi connectivity index (χ2v) is 7.35. The Bertz CT molecular complexity index is 775. The van der Waals surface area contributed by atoms with Gasteiger partial charge in [-0.2, -0.15) is 0 Å². The van der Waals surface area contributed by atoms with Crippen molar-refractivity contribution in [2.75, 3.05) is 5.32 Å². The lowest BCUT2D eigenvalue weighted by atomic mass is 9.77. The lowest BCUT2D eigenvalue weighted by Crippen LogP contribution is -2.41. The van der Waals surface area contributed by atoms with Crippen molar-refractivity contribution < 1.29 is 14.1 Å². The number of rotatable bonds is 3. The van der Waals surface area contributed by atoms with Crippen LogP contribution in [0.15, 0.2) is 42.6 Å². The van der Waals surface area contributed by atoms with Gasteiger partial charge in [-0.05, 0) is 52.8 Å². The lowest BCUT2D eigenvalue weighted by Gasteiger charge is -2.32. The highest BCUT2D eigenvalue weighted by Crippen LogP contribution is 2.37. The summed E-state index contributed by atoms with van der Waals surface area (Å²) in [7, 11) is -0.538. The molecule has 6 heteroatoms. The van der Waals surface area contributed by atoms with Gasteiger partial charge in [0.15, 0.2) is 0 Å². The second kappa shape index (κ2) is 6.28. The van der Waals surface area contributed by atoms with Crippen LogP contribution in [0.2, 0.25) is 0 Å². The number of nitrogens with zero attached hydrogens (tertiary/aromatic N) is 1. The maximum absolute atomic E-state index is 12.5. The highest BCUT2D eigenvalue weighted by molar-refractivity contribution is 6.64. The summed E-state index contributed by atoms with van der Waals surface area (Å²) >= 11 is 0. The molecule has 1 aromatic carbocycles. The molecule has 0 saturated carbocycles. The number of hydrogen-bond acceptors (Lipinski definition) is 4. The first-order valence-corrected chi connectivity index (χ1v) is 8.38. The first-order valence-electron chi connectivity index (χ1n) is 8.38. The molecule has 2 aromatic rings. The number of carbonyl (C=O) groups excluding carboxylic acids is 1. The fraction of sp³-hybridized carbons (Fsp3) is 0.368. The van der Waals surface area contributed by atoms with Gasteiger partial charge in [-0.25, -0.2) is 0 Å². The zero-order valence-electron chi connectivity index (χ0n) is 15.3. The van der Waals surface area contributed by atoms with Crippen LogP contribution < -0.4 is 10.8 Å². The van der Waals surface area contributed by atoms with Crippen LogP contribution in [0.4, 0.5) is 5.69 Å². The highest BCUT2D eigenvalue weighted by Gasteiger charge is 2.52. The van der Waals surface area contributed by atoms with Crippen molar-refractivity contribution in [3.8, 4) is 0 Å². The molecule has 0 unspecified atom stereocenters. The van der Waals surface area contributed by atoms with Crippen LogP contribution >= 0.6 is 0 Å². The Morgan fingerprint density at radius 3 is 2.36 bits per heavy atom. The predicted molar refractivity (Wildman–Crippen MR) is 99.1 cm³/mol. The topological polar surface area (TPSA) is 60.5 Å². The van der Waals surface area contributed by atoms with Crippen LogP contribution in [0.25, 0.3) is 0 Å². The van der Waals surface area contributed by atoms with Crippen molar-refractivity contribution >= 4 is 24.2 Å². The summed E-state index contributed by atoms with van der Waals surface area (Å²) in [6, 6.07) is 11.0. The minimum atomic E-state index is -0.538. The zero-order valence-corrected chi connectivity index (χ0v) is 15.3. The molecule has 25 heavy (non-hydrogen) atoms. The molecule has 1 saturated heterocycles. The van der Waals surface area contributed by atoms with Crippen molar-refractivity contribution in [3.63, 3.8) is 0 Å². The molecule has 1 amide bonds. The van der Waals surface area contributed by atoms with Gasteiger partial charge in [0.2, 0.25) is 0 Å². The average Bonchev–Trinajstić information content (AvgIpc) is 2.78. The summed E-state index contributed by atoms with van der Waals surface area (Å²) in [5.41, 5.74) is 2.03. The molecule has 1 aliphatic rings. The number of nitrogens with one attached hydrogen (secondary N) is 1. The van der Waals surface area contributed by atoms with E-state index < -0.39 is 18.3 Å². The molecule has 1 aromatic heterocycles. The summed E-state index contributed by atoms with van der Waals surface area (Å²) < 4.78 is 12.3. The van der Waals surface area contributed by atoms with E-state index in [1.54, 1.807) is 24.4 Å². The summed E-state index contributed by atoms with van der Waals surface area (Å²) in [6.45, 7) is 10.0. The fourth-order valence-corrected chi connectivity index (χ4v) is 2.64. The minimum Gasteiger partial charge on any atom is -0.399 e. The van der Waals surface area contributed by atoms with Crippen molar-refractivity contribution in [2.45, 2.75) is 45.8 Å². The quantitative estimate of drug-likeness (QED) is 0.874. The van der Waals surface area contributed by atoms with E-state index in [1.165, 1.54) is 0 Å². The Balaban J connectivity index is 1.91. The minimum absolute atomic E-state index is 0.262. The standard InChI is InChI=1S/C19H23BN2O3/c1-13-9-10-15(22-17(23)16-8-6-7-11-21-16)14(12-13)20-24-18(2,3)19(4,5)25-20/h6-12H,1-5H3,(H,22,23). The third-order valence-electron chi connectivity index (χ3n) is 4.86. The van der Waals surface area contributed by atoms with E-state index in [4.69, 9.17) is 9.31 Å². The van der Waals surface area contributed by atoms with Crippen LogP contribution in [0.1, 0.15) is 43.7 Å². The smallest absolute Gasteiger partial charge is 0.399 e. The van der Waals surface area contributed by atoms with E-state index in [0.29, 0.717) is 11.4 Å². The molecule has 2 heterocycles. The normalized spacial score (nSPS) is 18.2. The molecule has 1 N–H and O–H groups in total. The van der Waals surface area contributed by atoms with E-state index in [9.17, 15) is 4.79 Å². The van der Waals surface area contributed by atoms with Crippen LogP contribution in [-0.2, 0) is 9.31 Å². The van der Waals surface area contributed by atoms with Gasteiger partial charge in [0.25, 0.3) is 5.91 Å². The van der Waals surface area contributed by atoms with Gasteiger partial charge in [-0.3, -0.25) is 9.78 Å². The van der Waals surface area contributed by atoms with Gasteiger partial charge in [0.1, 0.15) is 5.69 Å².